The van der Waals surface area contributed by atoms with E-state index in [0.29, 0.717) is 66.1 Å². The number of aryl methyl sites for hydroxylation is 10. The van der Waals surface area contributed by atoms with Crippen molar-refractivity contribution in [1.82, 2.24) is 67.4 Å². The molecule has 0 amide bonds. The van der Waals surface area contributed by atoms with Crippen LogP contribution in [0.15, 0.2) is 216 Å². The summed E-state index contributed by atoms with van der Waals surface area (Å²) in [6.45, 7) is 30.3. The highest BCUT2D eigenvalue weighted by molar-refractivity contribution is 8.24. The molecule has 125 heavy (non-hydrogen) atoms. The van der Waals surface area contributed by atoms with Crippen LogP contribution in [0.25, 0.3) is 66.7 Å². The maximum atomic E-state index is 12.7. The zero-order chi connectivity index (χ0) is 91.4. The highest BCUT2D eigenvalue weighted by atomic mass is 36.0. The maximum Gasteiger partial charge on any atom is 0.358 e. The van der Waals surface area contributed by atoms with Gasteiger partial charge in [-0.25, -0.2) is 44.5 Å². The number of anilines is 2. The van der Waals surface area contributed by atoms with Gasteiger partial charge in [0.15, 0.2) is 33.7 Å². The number of H-pyrrole nitrogens is 3. The van der Waals surface area contributed by atoms with Gasteiger partial charge >= 0.3 is 22.8 Å². The van der Waals surface area contributed by atoms with Gasteiger partial charge in [-0.2, -0.15) is 4.39 Å². The van der Waals surface area contributed by atoms with E-state index in [0.717, 1.165) is 126 Å². The van der Waals surface area contributed by atoms with Crippen LogP contribution >= 0.6 is 50.5 Å². The number of nitrogens with one attached hydrogen (secondary N) is 4. The van der Waals surface area contributed by atoms with Gasteiger partial charge in [0.1, 0.15) is 11.5 Å². The van der Waals surface area contributed by atoms with E-state index in [9.17, 15) is 38.2 Å². The molecule has 8 aromatic carbocycles. The quantitative estimate of drug-likeness (QED) is 0.0230. The first-order valence-electron chi connectivity index (χ1n) is 39.2. The Morgan fingerprint density at radius 1 is 0.552 bits per heavy atom. The Bertz CT molecular complexity index is 6650. The SMILES string of the molecule is CCN(CC)c1ccccc1.CCOC(=O)c1nc[nH]c1C.Cc1ccc([N+](=O)[O-])c(F)c1.Cc1ccc2[nH]c(=O)c3nc(C(=O)O)c(C)n3c2c1.Cc1ccc2[nH]c(=O)c3ncc(C)n3c2c1.Cc1ccc2nc(Cl)c3ncc(C)n3c2c1.Cc1ccc2nc(NCCN)c3ncc(C)n3c2c1.NCCN.O=P(Cl)(Cl)Cl.c1ccc(Oc2ccccc2)cc1. The summed E-state index contributed by atoms with van der Waals surface area (Å²) in [5.41, 5.74) is 34.8. The molecular formula is C89H98Cl4FN20O10P. The largest absolute Gasteiger partial charge is 0.476 e. The van der Waals surface area contributed by atoms with Crippen molar-refractivity contribution in [2.24, 2.45) is 17.2 Å². The summed E-state index contributed by atoms with van der Waals surface area (Å²) in [6.07, 6.45) is 6.87. The first kappa shape index (κ1) is 97.5. The van der Waals surface area contributed by atoms with Crippen LogP contribution in [0.4, 0.5) is 21.6 Å². The number of fused-ring (bicyclic) bond motifs is 12. The average Bonchev–Trinajstić information content (AvgIpc) is 1.62. The fraction of sp³-hybridized carbons (Fsp3) is 0.225. The van der Waals surface area contributed by atoms with E-state index in [2.05, 4.69) is 175 Å². The minimum Gasteiger partial charge on any atom is -0.476 e. The minimum absolute atomic E-state index is 0.0977. The Labute approximate surface area is 738 Å². The zero-order valence-corrected chi connectivity index (χ0v) is 75.0. The minimum atomic E-state index is -3.22. The Balaban J connectivity index is 0.000000176. The number of nitro groups is 1. The van der Waals surface area contributed by atoms with Crippen LogP contribution in [-0.2, 0) is 9.30 Å². The second-order valence-electron chi connectivity index (χ2n) is 27.7. The lowest BCUT2D eigenvalue weighted by molar-refractivity contribution is -0.387. The Morgan fingerprint density at radius 2 is 0.984 bits per heavy atom. The lowest BCUT2D eigenvalue weighted by Gasteiger charge is -2.20. The molecule has 9 heterocycles. The van der Waals surface area contributed by atoms with Crippen LogP contribution in [0.2, 0.25) is 5.15 Å². The molecule has 30 nitrogen and oxygen atoms in total. The van der Waals surface area contributed by atoms with Gasteiger partial charge in [0.25, 0.3) is 11.1 Å². The molecule has 0 atom stereocenters. The molecule has 17 aromatic rings. The third kappa shape index (κ3) is 27.0. The van der Waals surface area contributed by atoms with Crippen molar-refractivity contribution >= 4 is 146 Å². The lowest BCUT2D eigenvalue weighted by Crippen LogP contribution is -2.21. The van der Waals surface area contributed by atoms with Gasteiger partial charge in [-0.15, -0.1) is 0 Å². The number of nitro benzene ring substituents is 1. The zero-order valence-electron chi connectivity index (χ0n) is 71.1. The molecule has 0 bridgehead atoms. The standard InChI is InChI=1S/C14H17N5.C13H11N3O3.C12H10ClN3.C12H11N3O.C12H10O.C10H15N.C7H6FNO2.C7H10N2O2.C2H8N2.Cl3OP/c1-9-3-4-11-12(7-9)19-10(2)8-17-14(19)13(18-11)16-6-5-15;1-6-3-4-8-9(5-6)16-7(2)10(13(18)19)15-11(16)12(17)14-8;1-7-3-4-9-10(5-7)16-8(2)6-14-12(16)11(13)15-9;1-7-3-4-9-10(5-7)15-8(2)6-13-11(15)12(16)14-9;1-3-7-11(8-4-1)13-12-9-5-2-6-10-12;1-3-11(4-2)10-8-6-5-7-9-10;1-5-2-3-7(9(10)11)6(8)4-5;1-3-11-7(10)6-5(2)8-4-9-6;3-1-2-4;1-5(2,3)4/h3-4,7-8H,5-6,15H2,1-2H3,(H,16,18);3-5H,1-2H3,(H,14,17)(H,18,19);3-6H,1-2H3;3-6H,1-2H3,(H,14,16);1-10H;5-9H,3-4H2,1-2H3;2-4H,1H3;4H,3H2,1-2H3,(H,8,9);1-4H2;. The van der Waals surface area contributed by atoms with Crippen molar-refractivity contribution in [2.45, 2.75) is 90.0 Å². The summed E-state index contributed by atoms with van der Waals surface area (Å²) in [4.78, 5) is 95.4. The normalized spacial score (nSPS) is 10.6. The maximum absolute atomic E-state index is 12.7. The van der Waals surface area contributed by atoms with Crippen molar-refractivity contribution in [3.05, 3.63) is 316 Å². The van der Waals surface area contributed by atoms with Crippen LogP contribution < -0.4 is 43.3 Å². The molecule has 36 heteroatoms. The second kappa shape index (κ2) is 46.5. The number of carboxylic acid groups (broad SMARTS) is 1. The molecule has 11 N–H and O–H groups in total. The van der Waals surface area contributed by atoms with E-state index < -0.39 is 33.2 Å². The van der Waals surface area contributed by atoms with Gasteiger partial charge in [0, 0.05) is 92.4 Å². The van der Waals surface area contributed by atoms with Crippen LogP contribution in [0, 0.1) is 85.2 Å². The topological polar surface area (TPSA) is 416 Å². The van der Waals surface area contributed by atoms with Crippen molar-refractivity contribution in [1.29, 1.82) is 0 Å². The van der Waals surface area contributed by atoms with E-state index >= 15 is 0 Å². The first-order valence-corrected chi connectivity index (χ1v) is 44.0. The number of carbonyl (C=O) groups is 2. The number of ether oxygens (including phenoxy) is 2. The fourth-order valence-corrected chi connectivity index (χ4v) is 12.6. The van der Waals surface area contributed by atoms with Gasteiger partial charge in [-0.05, 0) is 243 Å². The molecule has 0 aliphatic carbocycles. The molecule has 0 fully saturated rings. The van der Waals surface area contributed by atoms with Gasteiger partial charge in [-0.1, -0.05) is 96.5 Å². The predicted octanol–water partition coefficient (Wildman–Crippen LogP) is 19.0. The number of para-hydroxylation sites is 3. The van der Waals surface area contributed by atoms with E-state index in [1.54, 1.807) is 44.4 Å². The lowest BCUT2D eigenvalue weighted by atomic mass is 10.2. The smallest absolute Gasteiger partial charge is 0.358 e. The number of hydrogen-bond donors (Lipinski definition) is 8. The number of nitrogens with two attached hydrogens (primary N) is 3. The number of benzene rings is 8. The number of esters is 1. The predicted molar refractivity (Wildman–Crippen MR) is 498 cm³/mol. The highest BCUT2D eigenvalue weighted by Gasteiger charge is 2.20. The molecule has 0 unspecified atom stereocenters. The molecular weight excluding hydrogens is 1700 g/mol. The van der Waals surface area contributed by atoms with E-state index in [1.165, 1.54) is 29.2 Å². The summed E-state index contributed by atoms with van der Waals surface area (Å²) in [6, 6.07) is 57.7. The van der Waals surface area contributed by atoms with Gasteiger partial charge in [-0.3, -0.25) is 41.9 Å². The molecule has 0 aliphatic rings. The number of imidazole rings is 5. The van der Waals surface area contributed by atoms with Gasteiger partial charge < -0.3 is 56.9 Å². The second-order valence-corrected chi connectivity index (χ2v) is 34.7. The molecule has 0 radical (unpaired) electrons. The van der Waals surface area contributed by atoms with Gasteiger partial charge in [0.05, 0.1) is 67.7 Å². The van der Waals surface area contributed by atoms with Crippen LogP contribution in [0.1, 0.15) is 98.0 Å². The summed E-state index contributed by atoms with van der Waals surface area (Å²) >= 11 is 19.9. The Kier molecular flexibility index (Phi) is 36.3. The monoisotopic (exact) mass is 1800 g/mol. The number of rotatable bonds is 13. The molecule has 0 aliphatic heterocycles. The van der Waals surface area contributed by atoms with Crippen molar-refractivity contribution in [3.8, 4) is 11.5 Å². The van der Waals surface area contributed by atoms with E-state index in [1.807, 2.05) is 164 Å². The van der Waals surface area contributed by atoms with Crippen LogP contribution in [0.5, 0.6) is 11.5 Å². The number of carboxylic acids is 1. The number of carbonyl (C=O) groups excluding carboxylic acids is 1. The number of aromatic amines is 3. The number of hydrogen-bond acceptors (Lipinski definition) is 21. The number of halogens is 5. The summed E-state index contributed by atoms with van der Waals surface area (Å²) in [5.74, 6) is 0.236. The molecule has 0 saturated carbocycles. The van der Waals surface area contributed by atoms with E-state index in [-0.39, 0.29) is 22.9 Å². The number of nitrogens with zero attached hydrogens (tertiary/aromatic N) is 13. The highest BCUT2D eigenvalue weighted by Crippen LogP contribution is 2.61. The van der Waals surface area contributed by atoms with E-state index in [4.69, 9.17) is 43.4 Å². The molecule has 654 valence electrons. The summed E-state index contributed by atoms with van der Waals surface area (Å²) in [7, 11) is 0. The summed E-state index contributed by atoms with van der Waals surface area (Å²) < 4.78 is 40.1. The van der Waals surface area contributed by atoms with Crippen LogP contribution in [0.3, 0.4) is 0 Å². The van der Waals surface area contributed by atoms with Crippen molar-refractivity contribution < 1.29 is 38.0 Å². The fourth-order valence-electron chi connectivity index (χ4n) is 12.4. The van der Waals surface area contributed by atoms with Crippen molar-refractivity contribution in [3.63, 3.8) is 0 Å². The Morgan fingerprint density at radius 3 is 1.44 bits per heavy atom. The number of aromatic carboxylic acids is 1. The number of aromatic nitrogens is 14. The van der Waals surface area contributed by atoms with Crippen LogP contribution in [-0.4, -0.2) is 135 Å². The molecule has 17 rings (SSSR count). The molecule has 0 saturated heterocycles. The summed E-state index contributed by atoms with van der Waals surface area (Å²) in [5, 5.41) is 19.7. The molecule has 0 spiro atoms. The van der Waals surface area contributed by atoms with Gasteiger partial charge in [0.2, 0.25) is 17.1 Å². The Hall–Kier alpha value is -13.0. The third-order valence-electron chi connectivity index (χ3n) is 18.2. The first-order chi connectivity index (χ1) is 59.6. The van der Waals surface area contributed by atoms with Crippen molar-refractivity contribution in [2.75, 3.05) is 56.1 Å². The molecule has 9 aromatic heterocycles. The third-order valence-corrected chi connectivity index (χ3v) is 18.5. The average molecular weight is 1800 g/mol.